The lowest BCUT2D eigenvalue weighted by molar-refractivity contribution is -0.116. The maximum Gasteiger partial charge on any atom is 0.330 e. The number of aromatic nitrogens is 3. The van der Waals surface area contributed by atoms with E-state index in [-0.39, 0.29) is 11.2 Å². The fourth-order valence-electron chi connectivity index (χ4n) is 3.94. The average Bonchev–Trinajstić information content (AvgIpc) is 3.02. The van der Waals surface area contributed by atoms with Crippen molar-refractivity contribution in [2.24, 2.45) is 0 Å². The molecule has 8 heteroatoms. The highest BCUT2D eigenvalue weighted by atomic mass is 16.1. The number of anilines is 3. The maximum atomic E-state index is 11.3. The van der Waals surface area contributed by atoms with Crippen LogP contribution in [0, 0.1) is 0 Å². The molecule has 0 fully saturated rings. The quantitative estimate of drug-likeness (QED) is 0.434. The number of rotatable bonds is 8. The summed E-state index contributed by atoms with van der Waals surface area (Å²) in [5.41, 5.74) is 4.57. The second-order valence-corrected chi connectivity index (χ2v) is 8.68. The van der Waals surface area contributed by atoms with Gasteiger partial charge in [-0.1, -0.05) is 26.0 Å². The third kappa shape index (κ3) is 4.69. The van der Waals surface area contributed by atoms with Crippen molar-refractivity contribution in [2.75, 3.05) is 16.7 Å². The third-order valence-electron chi connectivity index (χ3n) is 5.57. The molecule has 0 saturated carbocycles. The van der Waals surface area contributed by atoms with Crippen molar-refractivity contribution < 1.29 is 9.59 Å². The normalized spacial score (nSPS) is 14.0. The van der Waals surface area contributed by atoms with Crippen molar-refractivity contribution in [3.63, 3.8) is 0 Å². The van der Waals surface area contributed by atoms with Gasteiger partial charge in [0.25, 0.3) is 0 Å². The Morgan fingerprint density at radius 3 is 2.88 bits per heavy atom. The molecule has 0 aliphatic carbocycles. The third-order valence-corrected chi connectivity index (χ3v) is 5.57. The van der Waals surface area contributed by atoms with Gasteiger partial charge in [0.15, 0.2) is 0 Å². The summed E-state index contributed by atoms with van der Waals surface area (Å²) in [5.74, 6) is 1.47. The van der Waals surface area contributed by atoms with E-state index in [1.54, 1.807) is 19.3 Å². The van der Waals surface area contributed by atoms with Crippen LogP contribution in [0.25, 0.3) is 11.3 Å². The Morgan fingerprint density at radius 1 is 1.25 bits per heavy atom. The molecule has 0 amide bonds. The second-order valence-electron chi connectivity index (χ2n) is 8.68. The number of nitrogens with zero attached hydrogens (tertiary/aromatic N) is 4. The molecule has 0 bridgehead atoms. The van der Waals surface area contributed by atoms with Gasteiger partial charge < -0.3 is 19.7 Å². The number of Topliss-reactive ketones (excluding diaryl/α,β-unsaturated/α-hetero) is 1. The van der Waals surface area contributed by atoms with Crippen LogP contribution in [0.1, 0.15) is 38.3 Å². The van der Waals surface area contributed by atoms with Gasteiger partial charge in [0.2, 0.25) is 5.95 Å². The van der Waals surface area contributed by atoms with Crippen molar-refractivity contribution in [3.05, 3.63) is 59.9 Å². The minimum atomic E-state index is -0.133. The number of hydrogen-bond acceptors (Lipinski definition) is 7. The second kappa shape index (κ2) is 8.90. The molecule has 2 aromatic heterocycles. The van der Waals surface area contributed by atoms with E-state index in [1.807, 2.05) is 35.1 Å². The summed E-state index contributed by atoms with van der Waals surface area (Å²) in [6.07, 6.45) is 5.52. The van der Waals surface area contributed by atoms with E-state index in [1.165, 1.54) is 7.41 Å². The summed E-state index contributed by atoms with van der Waals surface area (Å²) in [7, 11) is 1.53. The van der Waals surface area contributed by atoms with Crippen molar-refractivity contribution >= 4 is 36.8 Å². The van der Waals surface area contributed by atoms with Gasteiger partial charge in [-0.2, -0.15) is 0 Å². The first-order chi connectivity index (χ1) is 15.4. The molecule has 32 heavy (non-hydrogen) atoms. The fraction of sp³-hybridized carbons (Fsp3) is 0.292. The molecule has 1 aliphatic rings. The van der Waals surface area contributed by atoms with Crippen LogP contribution in [0.2, 0.25) is 0 Å². The minimum absolute atomic E-state index is 0.133. The number of fused-ring (bicyclic) bond motifs is 1. The highest BCUT2D eigenvalue weighted by molar-refractivity contribution is 6.70. The smallest absolute Gasteiger partial charge is 0.330 e. The molecule has 1 aliphatic heterocycles. The van der Waals surface area contributed by atoms with Crippen LogP contribution in [-0.2, 0) is 21.4 Å². The summed E-state index contributed by atoms with van der Waals surface area (Å²) in [6.45, 7) is 6.59. The molecule has 4 rings (SSSR count). The number of hydrogen-bond donors (Lipinski definition) is 1. The lowest BCUT2D eigenvalue weighted by Crippen LogP contribution is -2.32. The van der Waals surface area contributed by atoms with Crippen molar-refractivity contribution in [1.82, 2.24) is 15.0 Å². The largest absolute Gasteiger partial charge is 0.396 e. The van der Waals surface area contributed by atoms with E-state index in [2.05, 4.69) is 40.2 Å². The summed E-state index contributed by atoms with van der Waals surface area (Å²) in [4.78, 5) is 37.8. The molecule has 0 atom stereocenters. The van der Waals surface area contributed by atoms with Gasteiger partial charge in [0.05, 0.1) is 5.69 Å². The van der Waals surface area contributed by atoms with Crippen LogP contribution in [0.5, 0.6) is 0 Å². The number of ketones is 1. The number of nitrogens with one attached hydrogen (secondary N) is 1. The zero-order chi connectivity index (χ0) is 22.7. The standard InChI is InChI=1S/C24H25BN5O2/c1-16(32)7-8-17-5-4-6-19(11-17)28-23-26-10-9-21(29-23)18-12-20-22(27-13-18)30(25-15-31)14-24(20,2)3/h4-6,9-13,15H,7-8,14H2,1-3H3,(H,26,28,29). The number of carbonyl (C=O) groups excluding carboxylic acids is 2. The van der Waals surface area contributed by atoms with E-state index in [0.717, 1.165) is 40.1 Å². The van der Waals surface area contributed by atoms with E-state index >= 15 is 0 Å². The van der Waals surface area contributed by atoms with E-state index < -0.39 is 0 Å². The Hall–Kier alpha value is -3.55. The van der Waals surface area contributed by atoms with Gasteiger partial charge in [-0.25, -0.2) is 15.0 Å². The molecule has 0 spiro atoms. The minimum Gasteiger partial charge on any atom is -0.396 e. The van der Waals surface area contributed by atoms with Gasteiger partial charge in [-0.15, -0.1) is 0 Å². The molecule has 1 N–H and O–H groups in total. The van der Waals surface area contributed by atoms with Crippen LogP contribution in [0.4, 0.5) is 17.5 Å². The Kier molecular flexibility index (Phi) is 6.03. The van der Waals surface area contributed by atoms with Gasteiger partial charge in [0.1, 0.15) is 17.8 Å². The molecule has 3 aromatic rings. The lowest BCUT2D eigenvalue weighted by atomic mass is 9.86. The summed E-state index contributed by atoms with van der Waals surface area (Å²) >= 11 is 0. The Morgan fingerprint density at radius 2 is 2.09 bits per heavy atom. The van der Waals surface area contributed by atoms with Crippen LogP contribution in [0.15, 0.2) is 48.8 Å². The molecule has 3 heterocycles. The fourth-order valence-corrected chi connectivity index (χ4v) is 3.94. The Bertz CT molecular complexity index is 1160. The first-order valence-corrected chi connectivity index (χ1v) is 10.6. The molecule has 7 nitrogen and oxygen atoms in total. The Labute approximate surface area is 188 Å². The van der Waals surface area contributed by atoms with Crippen molar-refractivity contribution in [1.29, 1.82) is 0 Å². The topological polar surface area (TPSA) is 88.1 Å². The van der Waals surface area contributed by atoms with Gasteiger partial charge in [-0.3, -0.25) is 0 Å². The van der Waals surface area contributed by atoms with Crippen molar-refractivity contribution in [2.45, 2.75) is 39.0 Å². The predicted octanol–water partition coefficient (Wildman–Crippen LogP) is 3.71. The number of carbonyl (C=O) groups is 2. The zero-order valence-corrected chi connectivity index (χ0v) is 18.5. The van der Waals surface area contributed by atoms with Crippen LogP contribution in [0.3, 0.4) is 0 Å². The van der Waals surface area contributed by atoms with Gasteiger partial charge in [0, 0.05) is 47.6 Å². The summed E-state index contributed by atoms with van der Waals surface area (Å²) in [6, 6.07) is 11.9. The average molecular weight is 426 g/mol. The zero-order valence-electron chi connectivity index (χ0n) is 18.5. The van der Waals surface area contributed by atoms with E-state index in [4.69, 9.17) is 0 Å². The molecule has 1 aromatic carbocycles. The monoisotopic (exact) mass is 426 g/mol. The Balaban J connectivity index is 1.57. The highest BCUT2D eigenvalue weighted by Gasteiger charge is 2.36. The van der Waals surface area contributed by atoms with E-state index in [9.17, 15) is 9.59 Å². The SMILES string of the molecule is CC(=O)CCc1cccc(Nc2nccc(-c3cnc4c(c3)C(C)(C)CN4[B]C=O)n2)c1. The first-order valence-electron chi connectivity index (χ1n) is 10.6. The molecule has 0 saturated heterocycles. The molecule has 161 valence electrons. The summed E-state index contributed by atoms with van der Waals surface area (Å²) < 4.78 is 0. The van der Waals surface area contributed by atoms with Gasteiger partial charge in [-0.05, 0) is 43.2 Å². The molecule has 0 unspecified atom stereocenters. The number of pyridine rings is 1. The highest BCUT2D eigenvalue weighted by Crippen LogP contribution is 2.40. The molecular weight excluding hydrogens is 401 g/mol. The number of benzene rings is 1. The number of aryl methyl sites for hydroxylation is 1. The van der Waals surface area contributed by atoms with Crippen LogP contribution in [-0.4, -0.2) is 40.9 Å². The van der Waals surface area contributed by atoms with Crippen LogP contribution >= 0.6 is 0 Å². The van der Waals surface area contributed by atoms with Crippen LogP contribution < -0.4 is 10.1 Å². The molecule has 1 radical (unpaired) electrons. The van der Waals surface area contributed by atoms with E-state index in [0.29, 0.717) is 25.3 Å². The molecular formula is C24H25BN5O2. The predicted molar refractivity (Wildman–Crippen MR) is 127 cm³/mol. The summed E-state index contributed by atoms with van der Waals surface area (Å²) in [5, 5.41) is 3.25. The first kappa shape index (κ1) is 21.7. The van der Waals surface area contributed by atoms with Gasteiger partial charge >= 0.3 is 7.41 Å². The lowest BCUT2D eigenvalue weighted by Gasteiger charge is -2.19. The van der Waals surface area contributed by atoms with Crippen molar-refractivity contribution in [3.8, 4) is 11.3 Å². The maximum absolute atomic E-state index is 11.3.